The first-order valence-corrected chi connectivity index (χ1v) is 17.0. The maximum absolute atomic E-state index is 12.4. The second kappa shape index (κ2) is 22.2. The molecule has 0 radical (unpaired) electrons. The molecule has 0 aromatic heterocycles. The van der Waals surface area contributed by atoms with Crippen molar-refractivity contribution in [3.63, 3.8) is 0 Å². The van der Waals surface area contributed by atoms with Crippen molar-refractivity contribution in [1.29, 1.82) is 0 Å². The Hall–Kier alpha value is -0.590. The first-order valence-electron chi connectivity index (χ1n) is 14.2. The standard InChI is InChI=1S/C29H49O5PS2/c1-4-7-8-9-10-11-12-13-14-18-23-36-27(19-5-2)26(25-20-16-15-17-21-25)24-37-34-28(30)29(31,35-32)33-22-6-3/h15-17,20-21,26-27,31H,4-14,18-19,22-24H2,1-3H3. The first-order chi connectivity index (χ1) is 18.0. The molecule has 0 aliphatic carbocycles. The number of hydrogen-bond acceptors (Lipinski definition) is 7. The second-order valence-corrected chi connectivity index (χ2v) is 12.5. The molecule has 0 spiro atoms. The summed E-state index contributed by atoms with van der Waals surface area (Å²) in [5.74, 6) is 0.862. The number of carbonyl (C=O) groups is 1. The van der Waals surface area contributed by atoms with E-state index in [2.05, 4.69) is 26.0 Å². The van der Waals surface area contributed by atoms with Crippen LogP contribution in [0.4, 0.5) is 0 Å². The predicted molar refractivity (Wildman–Crippen MR) is 160 cm³/mol. The van der Waals surface area contributed by atoms with E-state index >= 15 is 0 Å². The fraction of sp³-hybridized carbons (Fsp3) is 0.759. The van der Waals surface area contributed by atoms with Gasteiger partial charge in [-0.15, -0.1) is 0 Å². The Bertz CT molecular complexity index is 709. The molecule has 1 aromatic carbocycles. The third-order valence-electron chi connectivity index (χ3n) is 6.36. The summed E-state index contributed by atoms with van der Waals surface area (Å²) >= 11 is 3.03. The van der Waals surface area contributed by atoms with E-state index in [0.717, 1.165) is 30.6 Å². The average Bonchev–Trinajstić information content (AvgIpc) is 2.92. The van der Waals surface area contributed by atoms with Gasteiger partial charge in [-0.1, -0.05) is 115 Å². The van der Waals surface area contributed by atoms with Crippen molar-refractivity contribution in [3.8, 4) is 0 Å². The molecule has 8 heteroatoms. The Balaban J connectivity index is 2.57. The average molecular weight is 573 g/mol. The number of hydrogen-bond donors (Lipinski definition) is 1. The monoisotopic (exact) mass is 572 g/mol. The number of ether oxygens (including phenoxy) is 1. The van der Waals surface area contributed by atoms with E-state index in [4.69, 9.17) is 8.92 Å². The molecule has 0 saturated heterocycles. The fourth-order valence-corrected chi connectivity index (χ4v) is 7.08. The van der Waals surface area contributed by atoms with Gasteiger partial charge in [-0.05, 0) is 30.6 Å². The van der Waals surface area contributed by atoms with Crippen molar-refractivity contribution in [3.05, 3.63) is 35.9 Å². The van der Waals surface area contributed by atoms with Crippen molar-refractivity contribution >= 4 is 38.2 Å². The number of carbonyl (C=O) groups excluding carboxylic acids is 1. The third-order valence-corrected chi connectivity index (χ3v) is 9.20. The van der Waals surface area contributed by atoms with Crippen molar-refractivity contribution in [2.75, 3.05) is 18.1 Å². The lowest BCUT2D eigenvalue weighted by atomic mass is 9.95. The smallest absolute Gasteiger partial charge is 0.387 e. The lowest BCUT2D eigenvalue weighted by molar-refractivity contribution is -0.185. The SMILES string of the molecule is CCCCCCCCCCCCSC(CCC)C(CSOC(=O)C(O)(OCCC)P=O)c1ccccc1. The molecule has 1 N–H and O–H groups in total. The topological polar surface area (TPSA) is 72.8 Å². The fourth-order valence-electron chi connectivity index (χ4n) is 4.21. The number of unbranched alkanes of at least 4 members (excludes halogenated alkanes) is 9. The van der Waals surface area contributed by atoms with Crippen LogP contribution in [0.1, 0.15) is 116 Å². The van der Waals surface area contributed by atoms with Crippen molar-refractivity contribution in [2.45, 2.75) is 121 Å². The van der Waals surface area contributed by atoms with Gasteiger partial charge in [0.1, 0.15) is 0 Å². The molecule has 0 bridgehead atoms. The van der Waals surface area contributed by atoms with Gasteiger partial charge in [0.15, 0.2) is 0 Å². The van der Waals surface area contributed by atoms with Crippen LogP contribution in [0.5, 0.6) is 0 Å². The van der Waals surface area contributed by atoms with Crippen LogP contribution in [0.15, 0.2) is 30.3 Å². The molecule has 37 heavy (non-hydrogen) atoms. The minimum atomic E-state index is -2.45. The lowest BCUT2D eigenvalue weighted by Crippen LogP contribution is -2.36. The van der Waals surface area contributed by atoms with E-state index in [-0.39, 0.29) is 12.5 Å². The van der Waals surface area contributed by atoms with Crippen LogP contribution in [0.2, 0.25) is 0 Å². The zero-order chi connectivity index (χ0) is 27.2. The highest BCUT2D eigenvalue weighted by atomic mass is 32.2. The molecule has 0 aliphatic rings. The van der Waals surface area contributed by atoms with Crippen molar-refractivity contribution in [1.82, 2.24) is 0 Å². The second-order valence-electron chi connectivity index (χ2n) is 9.60. The maximum Gasteiger partial charge on any atom is 0.391 e. The first kappa shape index (κ1) is 34.4. The Morgan fingerprint density at radius 3 is 2.11 bits per heavy atom. The molecule has 5 nitrogen and oxygen atoms in total. The molecule has 0 saturated carbocycles. The summed E-state index contributed by atoms with van der Waals surface area (Å²) in [7, 11) is -0.819. The van der Waals surface area contributed by atoms with Crippen molar-refractivity contribution < 1.29 is 23.4 Å². The molecule has 0 amide bonds. The molecular weight excluding hydrogens is 523 g/mol. The van der Waals surface area contributed by atoms with E-state index in [1.54, 1.807) is 0 Å². The summed E-state index contributed by atoms with van der Waals surface area (Å²) in [5.41, 5.74) is -1.22. The van der Waals surface area contributed by atoms with Crippen LogP contribution >= 0.6 is 32.3 Å². The highest BCUT2D eigenvalue weighted by molar-refractivity contribution is 8.00. The quantitative estimate of drug-likeness (QED) is 0.0573. The van der Waals surface area contributed by atoms with Crippen LogP contribution in [0, 0.1) is 0 Å². The summed E-state index contributed by atoms with van der Waals surface area (Å²) in [6.07, 6.45) is 16.1. The van der Waals surface area contributed by atoms with Crippen LogP contribution < -0.4 is 0 Å². The van der Waals surface area contributed by atoms with Crippen LogP contribution in [-0.4, -0.2) is 40.0 Å². The minimum Gasteiger partial charge on any atom is -0.387 e. The molecule has 0 fully saturated rings. The molecule has 3 atom stereocenters. The van der Waals surface area contributed by atoms with Gasteiger partial charge in [0.05, 0.1) is 18.6 Å². The number of thioether (sulfide) groups is 1. The van der Waals surface area contributed by atoms with E-state index in [0.29, 0.717) is 17.4 Å². The van der Waals surface area contributed by atoms with Crippen molar-refractivity contribution in [2.24, 2.45) is 0 Å². The Morgan fingerprint density at radius 2 is 1.54 bits per heavy atom. The van der Waals surface area contributed by atoms with Crippen LogP contribution in [-0.2, 0) is 18.3 Å². The molecule has 1 rings (SSSR count). The van der Waals surface area contributed by atoms with Gasteiger partial charge in [0.2, 0.25) is 8.46 Å². The number of rotatable bonds is 24. The molecule has 1 aromatic rings. The zero-order valence-electron chi connectivity index (χ0n) is 23.2. The maximum atomic E-state index is 12.4. The van der Waals surface area contributed by atoms with E-state index in [1.165, 1.54) is 69.8 Å². The molecule has 0 heterocycles. The number of aliphatic hydroxyl groups is 1. The lowest BCUT2D eigenvalue weighted by Gasteiger charge is -2.27. The third kappa shape index (κ3) is 15.0. The largest absolute Gasteiger partial charge is 0.391 e. The van der Waals surface area contributed by atoms with Crippen LogP contribution in [0.25, 0.3) is 0 Å². The summed E-state index contributed by atoms with van der Waals surface area (Å²) < 4.78 is 21.7. The van der Waals surface area contributed by atoms with Gasteiger partial charge >= 0.3 is 11.5 Å². The Labute approximate surface area is 236 Å². The van der Waals surface area contributed by atoms with Gasteiger partial charge in [-0.2, -0.15) is 11.8 Å². The zero-order valence-corrected chi connectivity index (χ0v) is 25.7. The normalized spacial score (nSPS) is 14.8. The van der Waals surface area contributed by atoms with Crippen LogP contribution in [0.3, 0.4) is 0 Å². The van der Waals surface area contributed by atoms with E-state index in [1.807, 2.05) is 36.9 Å². The summed E-state index contributed by atoms with van der Waals surface area (Å²) in [6.45, 7) is 6.43. The van der Waals surface area contributed by atoms with Gasteiger partial charge in [-0.3, -0.25) is 4.57 Å². The van der Waals surface area contributed by atoms with E-state index < -0.39 is 20.0 Å². The van der Waals surface area contributed by atoms with Gasteiger partial charge in [0, 0.05) is 16.9 Å². The van der Waals surface area contributed by atoms with Gasteiger partial charge < -0.3 is 14.0 Å². The van der Waals surface area contributed by atoms with Gasteiger partial charge in [-0.25, -0.2) is 4.79 Å². The molecule has 3 unspecified atom stereocenters. The number of benzene rings is 1. The minimum absolute atomic E-state index is 0.117. The van der Waals surface area contributed by atoms with Gasteiger partial charge in [0.25, 0.3) is 0 Å². The Morgan fingerprint density at radius 1 is 0.919 bits per heavy atom. The summed E-state index contributed by atoms with van der Waals surface area (Å²) in [4.78, 5) is 12.4. The Kier molecular flexibility index (Phi) is 20.7. The highest BCUT2D eigenvalue weighted by Crippen LogP contribution is 2.36. The van der Waals surface area contributed by atoms with E-state index in [9.17, 15) is 14.5 Å². The molecular formula is C29H49O5PS2. The summed E-state index contributed by atoms with van der Waals surface area (Å²) in [6, 6.07) is 10.4. The predicted octanol–water partition coefficient (Wildman–Crippen LogP) is 9.15. The molecule has 212 valence electrons. The summed E-state index contributed by atoms with van der Waals surface area (Å²) in [5, 5.41) is 10.6. The molecule has 0 aliphatic heterocycles. The highest BCUT2D eigenvalue weighted by Gasteiger charge is 2.41.